The van der Waals surface area contributed by atoms with Gasteiger partial charge in [-0.3, -0.25) is 9.48 Å². The van der Waals surface area contributed by atoms with Crippen LogP contribution in [0.4, 0.5) is 0 Å². The van der Waals surface area contributed by atoms with Crippen molar-refractivity contribution >= 4 is 33.3 Å². The van der Waals surface area contributed by atoms with Gasteiger partial charge in [0, 0.05) is 29.9 Å². The highest BCUT2D eigenvalue weighted by Gasteiger charge is 2.17. The van der Waals surface area contributed by atoms with Crippen LogP contribution in [0.3, 0.4) is 0 Å². The molecule has 0 saturated heterocycles. The summed E-state index contributed by atoms with van der Waals surface area (Å²) in [7, 11) is 1.90. The van der Waals surface area contributed by atoms with Gasteiger partial charge >= 0.3 is 0 Å². The first-order valence-corrected chi connectivity index (χ1v) is 9.70. The van der Waals surface area contributed by atoms with Gasteiger partial charge in [-0.15, -0.1) is 23.1 Å². The molecular formula is C17H16N4O2S2. The van der Waals surface area contributed by atoms with E-state index in [1.54, 1.807) is 22.7 Å². The van der Waals surface area contributed by atoms with Crippen molar-refractivity contribution in [3.8, 4) is 11.3 Å². The minimum atomic E-state index is -0.127. The molecule has 25 heavy (non-hydrogen) atoms. The van der Waals surface area contributed by atoms with Crippen LogP contribution in [0, 0.1) is 0 Å². The topological polar surface area (TPSA) is 76.7 Å². The van der Waals surface area contributed by atoms with Crippen molar-refractivity contribution in [2.75, 3.05) is 0 Å². The predicted molar refractivity (Wildman–Crippen MR) is 101 cm³/mol. The number of rotatable bonds is 5. The van der Waals surface area contributed by atoms with E-state index in [1.807, 2.05) is 43.7 Å². The summed E-state index contributed by atoms with van der Waals surface area (Å²) >= 11 is 3.16. The summed E-state index contributed by atoms with van der Waals surface area (Å²) in [6, 6.07) is 5.65. The molecule has 0 unspecified atom stereocenters. The van der Waals surface area contributed by atoms with E-state index in [9.17, 15) is 4.79 Å². The Hall–Kier alpha value is -2.32. The number of hydrogen-bond donors (Lipinski definition) is 1. The molecule has 0 amide bonds. The maximum absolute atomic E-state index is 12.6. The minimum Gasteiger partial charge on any atom is -0.464 e. The number of hydrogen-bond acceptors (Lipinski definition) is 6. The smallest absolute Gasteiger partial charge is 0.260 e. The minimum absolute atomic E-state index is 0.0632. The van der Waals surface area contributed by atoms with Crippen LogP contribution in [0.25, 0.3) is 21.5 Å². The Morgan fingerprint density at radius 1 is 1.44 bits per heavy atom. The molecule has 0 bridgehead atoms. The molecule has 0 aromatic carbocycles. The molecular weight excluding hydrogens is 356 g/mol. The van der Waals surface area contributed by atoms with Crippen LogP contribution < -0.4 is 5.56 Å². The van der Waals surface area contributed by atoms with E-state index in [2.05, 4.69) is 15.1 Å². The third-order valence-electron chi connectivity index (χ3n) is 3.88. The Morgan fingerprint density at radius 2 is 2.32 bits per heavy atom. The first-order valence-electron chi connectivity index (χ1n) is 7.77. The third kappa shape index (κ3) is 3.14. The van der Waals surface area contributed by atoms with Gasteiger partial charge in [0.05, 0.1) is 22.6 Å². The zero-order valence-corrected chi connectivity index (χ0v) is 15.4. The second kappa shape index (κ2) is 6.53. The van der Waals surface area contributed by atoms with Crippen LogP contribution in [0.15, 0.2) is 45.3 Å². The first kappa shape index (κ1) is 16.2. The Morgan fingerprint density at radius 3 is 3.04 bits per heavy atom. The van der Waals surface area contributed by atoms with Crippen molar-refractivity contribution in [3.63, 3.8) is 0 Å². The lowest BCUT2D eigenvalue weighted by molar-refractivity contribution is 0.583. The number of furan rings is 1. The molecule has 0 aliphatic rings. The molecule has 4 aromatic heterocycles. The number of thioether (sulfide) groups is 1. The van der Waals surface area contributed by atoms with Gasteiger partial charge in [-0.1, -0.05) is 0 Å². The van der Waals surface area contributed by atoms with Gasteiger partial charge in [0.1, 0.15) is 16.4 Å². The van der Waals surface area contributed by atoms with E-state index in [4.69, 9.17) is 4.42 Å². The molecule has 4 aromatic rings. The lowest BCUT2D eigenvalue weighted by Crippen LogP contribution is -2.12. The van der Waals surface area contributed by atoms with Crippen LogP contribution >= 0.6 is 23.1 Å². The van der Waals surface area contributed by atoms with Crippen LogP contribution in [0.2, 0.25) is 0 Å². The molecule has 8 heteroatoms. The Kier molecular flexibility index (Phi) is 4.22. The summed E-state index contributed by atoms with van der Waals surface area (Å²) in [5, 5.41) is 6.94. The zero-order valence-electron chi connectivity index (χ0n) is 13.7. The monoisotopic (exact) mass is 372 g/mol. The van der Waals surface area contributed by atoms with Crippen molar-refractivity contribution in [1.82, 2.24) is 19.7 Å². The molecule has 0 aliphatic heterocycles. The van der Waals surface area contributed by atoms with Gasteiger partial charge in [-0.05, 0) is 25.1 Å². The number of aromatic amines is 1. The Labute approximate surface area is 151 Å². The number of aromatic nitrogens is 4. The van der Waals surface area contributed by atoms with Gasteiger partial charge in [0.15, 0.2) is 0 Å². The summed E-state index contributed by atoms with van der Waals surface area (Å²) in [5.74, 6) is 2.14. The van der Waals surface area contributed by atoms with Crippen molar-refractivity contribution in [3.05, 3.63) is 57.9 Å². The molecule has 6 nitrogen and oxygen atoms in total. The third-order valence-corrected chi connectivity index (χ3v) is 5.94. The molecule has 0 saturated carbocycles. The summed E-state index contributed by atoms with van der Waals surface area (Å²) < 4.78 is 7.21. The van der Waals surface area contributed by atoms with Crippen LogP contribution in [0.1, 0.15) is 23.7 Å². The fraction of sp³-hybridized carbons (Fsp3) is 0.235. The predicted octanol–water partition coefficient (Wildman–Crippen LogP) is 3.97. The highest BCUT2D eigenvalue weighted by Crippen LogP contribution is 2.33. The van der Waals surface area contributed by atoms with Gasteiger partial charge in [-0.2, -0.15) is 5.10 Å². The molecule has 1 N–H and O–H groups in total. The highest BCUT2D eigenvalue weighted by atomic mass is 32.2. The summed E-state index contributed by atoms with van der Waals surface area (Å²) in [6.07, 6.45) is 3.53. The van der Waals surface area contributed by atoms with Gasteiger partial charge < -0.3 is 9.40 Å². The van der Waals surface area contributed by atoms with Gasteiger partial charge in [0.2, 0.25) is 0 Å². The standard InChI is InChI=1S/C17H16N4O2S2/c1-10(24-8-11-5-6-21(2)20-11)15-18-16(22)14-12(9-25-17(14)19-15)13-4-3-7-23-13/h3-7,9-10H,8H2,1-2H3,(H,18,19,22)/t10-/m0/s1. The number of nitrogens with zero attached hydrogens (tertiary/aromatic N) is 3. The van der Waals surface area contributed by atoms with Gasteiger partial charge in [0.25, 0.3) is 5.56 Å². The van der Waals surface area contributed by atoms with Crippen LogP contribution in [-0.2, 0) is 12.8 Å². The lowest BCUT2D eigenvalue weighted by Gasteiger charge is -2.09. The second-order valence-corrected chi connectivity index (χ2v) is 7.88. The SMILES string of the molecule is C[C@H](SCc1ccn(C)n1)c1nc2scc(-c3ccco3)c2c(=O)[nH]1. The molecule has 0 spiro atoms. The number of nitrogens with one attached hydrogen (secondary N) is 1. The Bertz CT molecular complexity index is 1060. The molecule has 1 atom stereocenters. The van der Waals surface area contributed by atoms with Crippen LogP contribution in [0.5, 0.6) is 0 Å². The second-order valence-electron chi connectivity index (χ2n) is 5.69. The van der Waals surface area contributed by atoms with E-state index in [0.29, 0.717) is 17.0 Å². The summed E-state index contributed by atoms with van der Waals surface area (Å²) in [4.78, 5) is 20.9. The number of fused-ring (bicyclic) bond motifs is 1. The van der Waals surface area contributed by atoms with E-state index < -0.39 is 0 Å². The van der Waals surface area contributed by atoms with Crippen LogP contribution in [-0.4, -0.2) is 19.7 Å². The number of H-pyrrole nitrogens is 1. The van der Waals surface area contributed by atoms with Crippen molar-refractivity contribution in [2.45, 2.75) is 17.9 Å². The van der Waals surface area contributed by atoms with E-state index in [-0.39, 0.29) is 10.8 Å². The molecule has 4 heterocycles. The largest absolute Gasteiger partial charge is 0.464 e. The lowest BCUT2D eigenvalue weighted by atomic mass is 10.2. The quantitative estimate of drug-likeness (QED) is 0.573. The van der Waals surface area contributed by atoms with Crippen molar-refractivity contribution in [2.24, 2.45) is 7.05 Å². The maximum atomic E-state index is 12.6. The zero-order chi connectivity index (χ0) is 17.4. The molecule has 0 aliphatic carbocycles. The van der Waals surface area contributed by atoms with Crippen molar-refractivity contribution < 1.29 is 4.42 Å². The Balaban J connectivity index is 1.61. The highest BCUT2D eigenvalue weighted by molar-refractivity contribution is 7.98. The first-order chi connectivity index (χ1) is 12.1. The van der Waals surface area contributed by atoms with Gasteiger partial charge in [-0.25, -0.2) is 4.98 Å². The van der Waals surface area contributed by atoms with E-state index >= 15 is 0 Å². The fourth-order valence-corrected chi connectivity index (χ4v) is 4.38. The maximum Gasteiger partial charge on any atom is 0.260 e. The average molecular weight is 372 g/mol. The summed E-state index contributed by atoms with van der Waals surface area (Å²) in [5.41, 5.74) is 1.68. The fourth-order valence-electron chi connectivity index (χ4n) is 2.60. The average Bonchev–Trinajstić information content (AvgIpc) is 3.32. The molecule has 4 rings (SSSR count). The van der Waals surface area contributed by atoms with E-state index in [1.165, 1.54) is 11.3 Å². The number of thiophene rings is 1. The molecule has 0 radical (unpaired) electrons. The molecule has 128 valence electrons. The molecule has 0 fully saturated rings. The van der Waals surface area contributed by atoms with Crippen molar-refractivity contribution in [1.29, 1.82) is 0 Å². The van der Waals surface area contributed by atoms with E-state index in [0.717, 1.165) is 21.8 Å². The normalized spacial score (nSPS) is 12.7. The summed E-state index contributed by atoms with van der Waals surface area (Å²) in [6.45, 7) is 2.04. The number of aryl methyl sites for hydroxylation is 1.